The fraction of sp³-hybridized carbons (Fsp3) is 0.304. The van der Waals surface area contributed by atoms with Gasteiger partial charge in [-0.1, -0.05) is 12.1 Å². The van der Waals surface area contributed by atoms with E-state index in [2.05, 4.69) is 32.8 Å². The van der Waals surface area contributed by atoms with Gasteiger partial charge < -0.3 is 15.5 Å². The van der Waals surface area contributed by atoms with Gasteiger partial charge in [-0.2, -0.15) is 5.10 Å². The lowest BCUT2D eigenvalue weighted by atomic mass is 10.2. The zero-order chi connectivity index (χ0) is 21.5. The Bertz CT molecular complexity index is 1030. The molecule has 0 aliphatic carbocycles. The maximum atomic E-state index is 11.9. The second-order valence-electron chi connectivity index (χ2n) is 7.34. The Hall–Kier alpha value is -3.68. The van der Waals surface area contributed by atoms with E-state index >= 15 is 0 Å². The second-order valence-corrected chi connectivity index (χ2v) is 7.34. The average Bonchev–Trinajstić information content (AvgIpc) is 3.48. The molecule has 1 saturated heterocycles. The highest BCUT2D eigenvalue weighted by molar-refractivity contribution is 5.95. The predicted molar refractivity (Wildman–Crippen MR) is 121 cm³/mol. The maximum Gasteiger partial charge on any atom is 0.227 e. The molecule has 31 heavy (non-hydrogen) atoms. The minimum absolute atomic E-state index is 0.208. The molecule has 1 aliphatic heterocycles. The summed E-state index contributed by atoms with van der Waals surface area (Å²) in [5.41, 5.74) is 3.15. The lowest BCUT2D eigenvalue weighted by Gasteiger charge is -2.16. The fourth-order valence-electron chi connectivity index (χ4n) is 3.50. The van der Waals surface area contributed by atoms with E-state index in [1.807, 2.05) is 48.4 Å². The second kappa shape index (κ2) is 9.88. The van der Waals surface area contributed by atoms with Crippen molar-refractivity contribution in [3.63, 3.8) is 0 Å². The van der Waals surface area contributed by atoms with Crippen molar-refractivity contribution in [1.82, 2.24) is 25.4 Å². The van der Waals surface area contributed by atoms with Crippen molar-refractivity contribution in [2.75, 3.05) is 18.0 Å². The van der Waals surface area contributed by atoms with Crippen LogP contribution < -0.4 is 15.5 Å². The number of hydrogen-bond acceptors (Lipinski definition) is 4. The molecule has 3 heterocycles. The molecule has 0 bridgehead atoms. The van der Waals surface area contributed by atoms with Gasteiger partial charge in [0.05, 0.1) is 6.54 Å². The smallest absolute Gasteiger partial charge is 0.227 e. The van der Waals surface area contributed by atoms with E-state index in [4.69, 9.17) is 4.99 Å². The summed E-state index contributed by atoms with van der Waals surface area (Å²) >= 11 is 0. The molecule has 0 spiro atoms. The molecular weight excluding hydrogens is 390 g/mol. The number of guanidine groups is 1. The van der Waals surface area contributed by atoms with Crippen molar-refractivity contribution in [2.45, 2.75) is 32.9 Å². The van der Waals surface area contributed by atoms with E-state index in [1.165, 1.54) is 0 Å². The predicted octanol–water partition coefficient (Wildman–Crippen LogP) is 2.65. The van der Waals surface area contributed by atoms with Crippen LogP contribution in [-0.4, -0.2) is 39.7 Å². The van der Waals surface area contributed by atoms with Gasteiger partial charge in [-0.15, -0.1) is 0 Å². The lowest BCUT2D eigenvalue weighted by Crippen LogP contribution is -2.36. The van der Waals surface area contributed by atoms with Crippen LogP contribution in [0.15, 0.2) is 66.0 Å². The summed E-state index contributed by atoms with van der Waals surface area (Å²) in [6, 6.07) is 13.9. The highest BCUT2D eigenvalue weighted by Crippen LogP contribution is 2.21. The fourth-order valence-corrected chi connectivity index (χ4v) is 3.50. The zero-order valence-corrected chi connectivity index (χ0v) is 17.7. The standard InChI is InChI=1S/C23H27N7O/c1-2-24-23(27-17-19-10-12-25-21(15-19)30-14-4-11-28-30)26-16-18-6-8-20(9-7-18)29-13-3-5-22(29)31/h4,6-12,14-15H,2-3,5,13,16-17H2,1H3,(H2,24,26,27). The molecule has 1 fully saturated rings. The van der Waals surface area contributed by atoms with Crippen LogP contribution in [0.2, 0.25) is 0 Å². The Morgan fingerprint density at radius 3 is 2.71 bits per heavy atom. The number of rotatable bonds is 7. The lowest BCUT2D eigenvalue weighted by molar-refractivity contribution is -0.117. The summed E-state index contributed by atoms with van der Waals surface area (Å²) in [7, 11) is 0. The molecule has 8 nitrogen and oxygen atoms in total. The van der Waals surface area contributed by atoms with E-state index in [9.17, 15) is 4.79 Å². The number of benzene rings is 1. The van der Waals surface area contributed by atoms with Crippen molar-refractivity contribution < 1.29 is 4.79 Å². The topological polar surface area (TPSA) is 87.4 Å². The molecule has 1 amide bonds. The summed E-state index contributed by atoms with van der Waals surface area (Å²) in [4.78, 5) is 22.8. The molecule has 2 N–H and O–H groups in total. The van der Waals surface area contributed by atoms with E-state index in [0.29, 0.717) is 19.5 Å². The molecule has 0 atom stereocenters. The number of aromatic nitrogens is 3. The Morgan fingerprint density at radius 1 is 1.13 bits per heavy atom. The van der Waals surface area contributed by atoms with Gasteiger partial charge in [-0.05, 0) is 54.8 Å². The Balaban J connectivity index is 1.37. The highest BCUT2D eigenvalue weighted by Gasteiger charge is 2.21. The molecule has 0 saturated carbocycles. The summed E-state index contributed by atoms with van der Waals surface area (Å²) in [6.45, 7) is 4.81. The number of pyridine rings is 1. The first kappa shape index (κ1) is 20.6. The number of carbonyl (C=O) groups excluding carboxylic acids is 1. The molecule has 3 aromatic rings. The number of hydrogen-bond donors (Lipinski definition) is 2. The minimum atomic E-state index is 0.208. The molecular formula is C23H27N7O. The molecule has 2 aromatic heterocycles. The van der Waals surface area contributed by atoms with Crippen LogP contribution in [0.3, 0.4) is 0 Å². The Kier molecular flexibility index (Phi) is 6.56. The van der Waals surface area contributed by atoms with Gasteiger partial charge in [0, 0.05) is 50.3 Å². The SMILES string of the molecule is CCNC(=NCc1ccnc(-n2cccn2)c1)NCc1ccc(N2CCCC2=O)cc1. The van der Waals surface area contributed by atoms with Gasteiger partial charge in [0.1, 0.15) is 0 Å². The van der Waals surface area contributed by atoms with Gasteiger partial charge in [0.25, 0.3) is 0 Å². The minimum Gasteiger partial charge on any atom is -0.357 e. The summed E-state index contributed by atoms with van der Waals surface area (Å²) in [5, 5.41) is 10.9. The quantitative estimate of drug-likeness (QED) is 0.456. The first-order valence-electron chi connectivity index (χ1n) is 10.6. The van der Waals surface area contributed by atoms with Gasteiger partial charge in [-0.3, -0.25) is 4.79 Å². The van der Waals surface area contributed by atoms with Crippen LogP contribution in [0.1, 0.15) is 30.9 Å². The third-order valence-corrected chi connectivity index (χ3v) is 5.09. The number of nitrogens with zero attached hydrogens (tertiary/aromatic N) is 5. The molecule has 0 radical (unpaired) electrons. The number of amides is 1. The van der Waals surface area contributed by atoms with Crippen molar-refractivity contribution in [1.29, 1.82) is 0 Å². The third-order valence-electron chi connectivity index (χ3n) is 5.09. The monoisotopic (exact) mass is 417 g/mol. The van der Waals surface area contributed by atoms with E-state index in [0.717, 1.165) is 48.1 Å². The van der Waals surface area contributed by atoms with Crippen LogP contribution >= 0.6 is 0 Å². The van der Waals surface area contributed by atoms with Gasteiger partial charge in [0.15, 0.2) is 11.8 Å². The van der Waals surface area contributed by atoms with E-state index in [-0.39, 0.29) is 5.91 Å². The summed E-state index contributed by atoms with van der Waals surface area (Å²) in [6.07, 6.45) is 6.95. The van der Waals surface area contributed by atoms with E-state index in [1.54, 1.807) is 17.1 Å². The van der Waals surface area contributed by atoms with Crippen LogP contribution in [0.25, 0.3) is 5.82 Å². The average molecular weight is 418 g/mol. The number of carbonyl (C=O) groups is 1. The molecule has 0 unspecified atom stereocenters. The van der Waals surface area contributed by atoms with Crippen molar-refractivity contribution in [2.24, 2.45) is 4.99 Å². The summed E-state index contributed by atoms with van der Waals surface area (Å²) in [5.74, 6) is 1.73. The number of anilines is 1. The Morgan fingerprint density at radius 2 is 2.00 bits per heavy atom. The maximum absolute atomic E-state index is 11.9. The van der Waals surface area contributed by atoms with Crippen LogP contribution in [0.4, 0.5) is 5.69 Å². The third kappa shape index (κ3) is 5.28. The molecule has 160 valence electrons. The van der Waals surface area contributed by atoms with E-state index < -0.39 is 0 Å². The largest absolute Gasteiger partial charge is 0.357 e. The zero-order valence-electron chi connectivity index (χ0n) is 17.7. The van der Waals surface area contributed by atoms with Crippen LogP contribution in [0.5, 0.6) is 0 Å². The molecule has 8 heteroatoms. The Labute approximate surface area is 182 Å². The van der Waals surface area contributed by atoms with Crippen molar-refractivity contribution >= 4 is 17.6 Å². The van der Waals surface area contributed by atoms with Gasteiger partial charge in [0.2, 0.25) is 5.91 Å². The number of nitrogens with one attached hydrogen (secondary N) is 2. The molecule has 4 rings (SSSR count). The highest BCUT2D eigenvalue weighted by atomic mass is 16.2. The molecule has 1 aliphatic rings. The van der Waals surface area contributed by atoms with Crippen molar-refractivity contribution in [3.8, 4) is 5.82 Å². The van der Waals surface area contributed by atoms with Crippen LogP contribution in [-0.2, 0) is 17.9 Å². The first-order chi connectivity index (χ1) is 15.2. The first-order valence-corrected chi connectivity index (χ1v) is 10.6. The number of aliphatic imine (C=N–C) groups is 1. The summed E-state index contributed by atoms with van der Waals surface area (Å²) < 4.78 is 1.73. The van der Waals surface area contributed by atoms with Crippen LogP contribution in [0, 0.1) is 0 Å². The van der Waals surface area contributed by atoms with Gasteiger partial charge in [-0.25, -0.2) is 14.7 Å². The van der Waals surface area contributed by atoms with Gasteiger partial charge >= 0.3 is 0 Å². The molecule has 1 aromatic carbocycles. The normalized spacial score (nSPS) is 14.2. The van der Waals surface area contributed by atoms with Crippen molar-refractivity contribution in [3.05, 3.63) is 72.2 Å².